The van der Waals surface area contributed by atoms with Gasteiger partial charge in [0.15, 0.2) is 0 Å². The Balaban J connectivity index is 0.00000176. The fourth-order valence-electron chi connectivity index (χ4n) is 2.36. The van der Waals surface area contributed by atoms with E-state index in [9.17, 15) is 8.42 Å². The molecule has 0 heterocycles. The van der Waals surface area contributed by atoms with Crippen molar-refractivity contribution >= 4 is 61.2 Å². The van der Waals surface area contributed by atoms with Crippen molar-refractivity contribution < 1.29 is 12.6 Å². The Morgan fingerprint density at radius 1 is 0.955 bits per heavy atom. The van der Waals surface area contributed by atoms with Crippen LogP contribution in [0.5, 0.6) is 0 Å². The minimum absolute atomic E-state index is 0. The monoisotopic (exact) mass is 322 g/mol. The van der Waals surface area contributed by atoms with E-state index in [1.54, 1.807) is 12.1 Å². The van der Waals surface area contributed by atoms with Crippen molar-refractivity contribution in [2.75, 3.05) is 6.61 Å². The average molecular weight is 322 g/mol. The molecule has 0 radical (unpaired) electrons. The van der Waals surface area contributed by atoms with Gasteiger partial charge in [-0.3, -0.25) is 4.18 Å². The molecule has 0 N–H and O–H groups in total. The number of hydrogen-bond donors (Lipinski definition) is 0. The van der Waals surface area contributed by atoms with Crippen LogP contribution in [0.1, 0.15) is 0 Å². The van der Waals surface area contributed by atoms with E-state index in [-0.39, 0.29) is 41.1 Å². The molecule has 22 heavy (non-hydrogen) atoms. The Morgan fingerprint density at radius 2 is 1.59 bits per heavy atom. The second-order valence-electron chi connectivity index (χ2n) is 4.70. The molecule has 0 aliphatic heterocycles. The van der Waals surface area contributed by atoms with Crippen molar-refractivity contribution in [1.82, 2.24) is 0 Å². The molecule has 0 aliphatic carbocycles. The zero-order chi connectivity index (χ0) is 14.9. The van der Waals surface area contributed by atoms with E-state index in [0.29, 0.717) is 5.39 Å². The normalized spacial score (nSPS) is 11.3. The first-order valence-corrected chi connectivity index (χ1v) is 7.94. The summed E-state index contributed by atoms with van der Waals surface area (Å²) in [7, 11) is -3.79. The number of hydrogen-bond acceptors (Lipinski definition) is 3. The Labute approximate surface area is 152 Å². The summed E-state index contributed by atoms with van der Waals surface area (Å²) in [5.41, 5.74) is 0. The van der Waals surface area contributed by atoms with E-state index in [1.807, 2.05) is 42.5 Å². The molecule has 0 unspecified atom stereocenters. The van der Waals surface area contributed by atoms with E-state index in [1.165, 1.54) is 6.08 Å². The van der Waals surface area contributed by atoms with Crippen molar-refractivity contribution in [3.8, 4) is 0 Å². The van der Waals surface area contributed by atoms with Crippen LogP contribution >= 0.6 is 0 Å². The molecule has 0 fully saturated rings. The molecule has 3 rings (SSSR count). The molecule has 0 aromatic heterocycles. The number of rotatable bonds is 4. The van der Waals surface area contributed by atoms with Crippen LogP contribution in [-0.2, 0) is 14.3 Å². The summed E-state index contributed by atoms with van der Waals surface area (Å²) >= 11 is 0. The van der Waals surface area contributed by atoms with Crippen LogP contribution in [0.4, 0.5) is 0 Å². The summed E-state index contributed by atoms with van der Waals surface area (Å²) in [6.07, 6.45) is 1.41. The van der Waals surface area contributed by atoms with Gasteiger partial charge in [0.25, 0.3) is 10.1 Å². The minimum atomic E-state index is -3.79. The van der Waals surface area contributed by atoms with Crippen LogP contribution in [-0.4, -0.2) is 44.6 Å². The first-order valence-electron chi connectivity index (χ1n) is 6.54. The Hall–Kier alpha value is -1.17. The summed E-state index contributed by atoms with van der Waals surface area (Å²) in [5.74, 6) is 0. The van der Waals surface area contributed by atoms with Crippen molar-refractivity contribution in [1.29, 1.82) is 0 Å². The molecule has 0 bridgehead atoms. The molecule has 0 aliphatic rings. The van der Waals surface area contributed by atoms with Crippen LogP contribution in [0.3, 0.4) is 0 Å². The Morgan fingerprint density at radius 3 is 2.27 bits per heavy atom. The fourth-order valence-corrected chi connectivity index (χ4v) is 3.45. The molecule has 3 aromatic carbocycles. The molecule has 5 heteroatoms. The van der Waals surface area contributed by atoms with Gasteiger partial charge in [0.05, 0.1) is 6.61 Å². The van der Waals surface area contributed by atoms with Crippen LogP contribution in [0.2, 0.25) is 0 Å². The summed E-state index contributed by atoms with van der Waals surface area (Å²) in [6.45, 7) is 3.44. The molecule has 0 spiro atoms. The van der Waals surface area contributed by atoms with E-state index >= 15 is 0 Å². The standard InChI is InChI=1S/C17H14O3S.Na.H/c1-2-10-20-21(18,19)17-9-5-8-15-11-13-6-3-4-7-14(13)12-16(15)17;;/h2-9,11-12H,1,10H2;;. The zero-order valence-corrected chi connectivity index (χ0v) is 12.1. The Bertz CT molecular complexity index is 933. The van der Waals surface area contributed by atoms with Crippen molar-refractivity contribution in [2.24, 2.45) is 0 Å². The Kier molecular flexibility index (Phi) is 5.42. The molecular weight excluding hydrogens is 307 g/mol. The van der Waals surface area contributed by atoms with Gasteiger partial charge in [0.1, 0.15) is 4.90 Å². The molecule has 3 aromatic rings. The van der Waals surface area contributed by atoms with E-state index in [2.05, 4.69) is 6.58 Å². The van der Waals surface area contributed by atoms with Gasteiger partial charge in [-0.1, -0.05) is 42.5 Å². The van der Waals surface area contributed by atoms with Crippen molar-refractivity contribution in [3.63, 3.8) is 0 Å². The molecular formula is C17H15NaO3S. The van der Waals surface area contributed by atoms with Crippen molar-refractivity contribution in [2.45, 2.75) is 4.90 Å². The van der Waals surface area contributed by atoms with Crippen LogP contribution in [0, 0.1) is 0 Å². The van der Waals surface area contributed by atoms with Crippen LogP contribution in [0.15, 0.2) is 72.1 Å². The van der Waals surface area contributed by atoms with Gasteiger partial charge in [0, 0.05) is 5.39 Å². The molecule has 0 atom stereocenters. The van der Waals surface area contributed by atoms with Crippen molar-refractivity contribution in [3.05, 3.63) is 67.3 Å². The predicted molar refractivity (Wildman–Crippen MR) is 91.9 cm³/mol. The second kappa shape index (κ2) is 6.94. The summed E-state index contributed by atoms with van der Waals surface area (Å²) in [4.78, 5) is 0.188. The maximum absolute atomic E-state index is 12.3. The molecule has 0 amide bonds. The third kappa shape index (κ3) is 3.26. The average Bonchev–Trinajstić information content (AvgIpc) is 2.50. The summed E-state index contributed by atoms with van der Waals surface area (Å²) < 4.78 is 29.5. The van der Waals surface area contributed by atoms with E-state index in [0.717, 1.165) is 16.2 Å². The zero-order valence-electron chi connectivity index (χ0n) is 11.3. The third-order valence-electron chi connectivity index (χ3n) is 3.32. The SMILES string of the molecule is C=CCOS(=O)(=O)c1cccc2cc3ccccc3cc12.[NaH]. The molecule has 0 saturated heterocycles. The summed E-state index contributed by atoms with van der Waals surface area (Å²) in [5, 5.41) is 3.61. The quantitative estimate of drug-likeness (QED) is 0.320. The van der Waals surface area contributed by atoms with E-state index in [4.69, 9.17) is 4.18 Å². The van der Waals surface area contributed by atoms with Gasteiger partial charge in [0.2, 0.25) is 0 Å². The van der Waals surface area contributed by atoms with Crippen LogP contribution in [0.25, 0.3) is 21.5 Å². The number of fused-ring (bicyclic) bond motifs is 2. The predicted octanol–water partition coefficient (Wildman–Crippen LogP) is 3.24. The molecule has 3 nitrogen and oxygen atoms in total. The van der Waals surface area contributed by atoms with E-state index < -0.39 is 10.1 Å². The van der Waals surface area contributed by atoms with Gasteiger partial charge in [-0.25, -0.2) is 0 Å². The van der Waals surface area contributed by atoms with Gasteiger partial charge < -0.3 is 0 Å². The van der Waals surface area contributed by atoms with Gasteiger partial charge >= 0.3 is 29.6 Å². The number of benzene rings is 3. The molecule has 0 saturated carbocycles. The van der Waals surface area contributed by atoms with Gasteiger partial charge in [-0.15, -0.1) is 6.58 Å². The maximum atomic E-state index is 12.3. The molecule has 108 valence electrons. The fraction of sp³-hybridized carbons (Fsp3) is 0.0588. The first-order chi connectivity index (χ1) is 10.1. The van der Waals surface area contributed by atoms with Gasteiger partial charge in [-0.2, -0.15) is 8.42 Å². The van der Waals surface area contributed by atoms with Gasteiger partial charge in [-0.05, 0) is 34.4 Å². The summed E-state index contributed by atoms with van der Waals surface area (Å²) in [6, 6.07) is 16.9. The van der Waals surface area contributed by atoms with Crippen LogP contribution < -0.4 is 0 Å². The topological polar surface area (TPSA) is 43.4 Å². The third-order valence-corrected chi connectivity index (χ3v) is 4.66. The first kappa shape index (κ1) is 17.2. The second-order valence-corrected chi connectivity index (χ2v) is 6.29.